The van der Waals surface area contributed by atoms with E-state index < -0.39 is 5.82 Å². The Labute approximate surface area is 92.2 Å². The largest absolute Gasteiger partial charge is 0.491 e. The summed E-state index contributed by atoms with van der Waals surface area (Å²) >= 11 is 0. The number of nitrogens with two attached hydrogens (primary N) is 1. The molecule has 3 N–H and O–H groups in total. The van der Waals surface area contributed by atoms with E-state index in [4.69, 9.17) is 10.5 Å². The summed E-state index contributed by atoms with van der Waals surface area (Å²) in [5.41, 5.74) is 7.00. The SMILES string of the molecule is CCOc1ccc(-c2cn[nH]c2N)cc1F. The van der Waals surface area contributed by atoms with Crippen molar-refractivity contribution in [2.75, 3.05) is 12.3 Å². The van der Waals surface area contributed by atoms with Crippen LogP contribution in [0.5, 0.6) is 5.75 Å². The average molecular weight is 221 g/mol. The van der Waals surface area contributed by atoms with Gasteiger partial charge in [-0.1, -0.05) is 6.07 Å². The van der Waals surface area contributed by atoms with Crippen molar-refractivity contribution in [2.24, 2.45) is 0 Å². The van der Waals surface area contributed by atoms with E-state index >= 15 is 0 Å². The smallest absolute Gasteiger partial charge is 0.165 e. The van der Waals surface area contributed by atoms with Crippen molar-refractivity contribution in [2.45, 2.75) is 6.92 Å². The molecule has 0 atom stereocenters. The second kappa shape index (κ2) is 4.22. The zero-order valence-electron chi connectivity index (χ0n) is 8.83. The lowest BCUT2D eigenvalue weighted by molar-refractivity contribution is 0.321. The molecule has 1 heterocycles. The maximum atomic E-state index is 13.6. The average Bonchev–Trinajstić information content (AvgIpc) is 2.68. The van der Waals surface area contributed by atoms with Gasteiger partial charge in [-0.3, -0.25) is 5.10 Å². The zero-order chi connectivity index (χ0) is 11.5. The summed E-state index contributed by atoms with van der Waals surface area (Å²) in [6.07, 6.45) is 1.56. The van der Waals surface area contributed by atoms with E-state index in [1.54, 1.807) is 25.3 Å². The lowest BCUT2D eigenvalue weighted by Gasteiger charge is -2.06. The minimum absolute atomic E-state index is 0.244. The van der Waals surface area contributed by atoms with Crippen molar-refractivity contribution in [3.05, 3.63) is 30.2 Å². The number of benzene rings is 1. The van der Waals surface area contributed by atoms with Crippen molar-refractivity contribution in [3.8, 4) is 16.9 Å². The van der Waals surface area contributed by atoms with Crippen LogP contribution in [0.1, 0.15) is 6.92 Å². The van der Waals surface area contributed by atoms with Gasteiger partial charge < -0.3 is 10.5 Å². The molecule has 1 aromatic heterocycles. The first-order valence-corrected chi connectivity index (χ1v) is 4.94. The molecule has 0 aliphatic carbocycles. The van der Waals surface area contributed by atoms with Crippen LogP contribution in [-0.4, -0.2) is 16.8 Å². The third kappa shape index (κ3) is 1.84. The molecule has 4 nitrogen and oxygen atoms in total. The predicted octanol–water partition coefficient (Wildman–Crippen LogP) is 2.20. The predicted molar refractivity (Wildman–Crippen MR) is 59.6 cm³/mol. The highest BCUT2D eigenvalue weighted by Crippen LogP contribution is 2.27. The summed E-state index contributed by atoms with van der Waals surface area (Å²) in [5.74, 6) is 0.261. The molecule has 5 heteroatoms. The number of H-pyrrole nitrogens is 1. The number of hydrogen-bond donors (Lipinski definition) is 2. The van der Waals surface area contributed by atoms with Crippen LogP contribution in [0.25, 0.3) is 11.1 Å². The van der Waals surface area contributed by atoms with Crippen molar-refractivity contribution in [1.82, 2.24) is 10.2 Å². The van der Waals surface area contributed by atoms with E-state index in [0.29, 0.717) is 23.6 Å². The number of nitrogens with one attached hydrogen (secondary N) is 1. The number of aromatic amines is 1. The topological polar surface area (TPSA) is 63.9 Å². The fourth-order valence-electron chi connectivity index (χ4n) is 1.47. The standard InChI is InChI=1S/C11H12FN3O/c1-2-16-10-4-3-7(5-9(10)12)8-6-14-15-11(8)13/h3-6H,2H2,1H3,(H3,13,14,15). The number of halogens is 1. The molecule has 0 spiro atoms. The zero-order valence-corrected chi connectivity index (χ0v) is 8.83. The number of hydrogen-bond acceptors (Lipinski definition) is 3. The summed E-state index contributed by atoms with van der Waals surface area (Å²) in [5, 5.41) is 6.38. The number of anilines is 1. The first-order valence-electron chi connectivity index (χ1n) is 4.94. The van der Waals surface area contributed by atoms with Crippen LogP contribution in [0.15, 0.2) is 24.4 Å². The van der Waals surface area contributed by atoms with Gasteiger partial charge in [0, 0.05) is 5.56 Å². The molecule has 2 rings (SSSR count). The van der Waals surface area contributed by atoms with E-state index in [1.165, 1.54) is 6.07 Å². The minimum atomic E-state index is -0.403. The van der Waals surface area contributed by atoms with E-state index in [2.05, 4.69) is 10.2 Å². The van der Waals surface area contributed by atoms with E-state index in [0.717, 1.165) is 0 Å². The fourth-order valence-corrected chi connectivity index (χ4v) is 1.47. The second-order valence-electron chi connectivity index (χ2n) is 3.28. The Balaban J connectivity index is 2.38. The maximum Gasteiger partial charge on any atom is 0.165 e. The molecular formula is C11H12FN3O. The molecule has 1 aromatic carbocycles. The maximum absolute atomic E-state index is 13.6. The molecule has 0 bridgehead atoms. The minimum Gasteiger partial charge on any atom is -0.491 e. The summed E-state index contributed by atoms with van der Waals surface area (Å²) in [6.45, 7) is 2.24. The second-order valence-corrected chi connectivity index (χ2v) is 3.28. The highest BCUT2D eigenvalue weighted by molar-refractivity contribution is 5.73. The summed E-state index contributed by atoms with van der Waals surface area (Å²) in [6, 6.07) is 4.71. The Bertz CT molecular complexity index is 496. The molecule has 84 valence electrons. The first kappa shape index (κ1) is 10.5. The van der Waals surface area contributed by atoms with E-state index in [-0.39, 0.29) is 5.75 Å². The van der Waals surface area contributed by atoms with Crippen molar-refractivity contribution < 1.29 is 9.13 Å². The van der Waals surface area contributed by atoms with Crippen molar-refractivity contribution in [3.63, 3.8) is 0 Å². The molecule has 0 amide bonds. The molecule has 0 fully saturated rings. The normalized spacial score (nSPS) is 10.4. The molecular weight excluding hydrogens is 209 g/mol. The van der Waals surface area contributed by atoms with Crippen LogP contribution in [0.3, 0.4) is 0 Å². The Morgan fingerprint density at radius 3 is 2.88 bits per heavy atom. The third-order valence-corrected chi connectivity index (χ3v) is 2.21. The Hall–Kier alpha value is -2.04. The van der Waals surface area contributed by atoms with Gasteiger partial charge in [0.2, 0.25) is 0 Å². The van der Waals surface area contributed by atoms with E-state index in [9.17, 15) is 4.39 Å². The molecule has 0 saturated carbocycles. The van der Waals surface area contributed by atoms with Crippen LogP contribution in [0.4, 0.5) is 10.2 Å². The lowest BCUT2D eigenvalue weighted by Crippen LogP contribution is -1.95. The van der Waals surface area contributed by atoms with Crippen LogP contribution in [0, 0.1) is 5.82 Å². The van der Waals surface area contributed by atoms with Crippen LogP contribution in [-0.2, 0) is 0 Å². The summed E-state index contributed by atoms with van der Waals surface area (Å²) < 4.78 is 18.7. The van der Waals surface area contributed by atoms with E-state index in [1.807, 2.05) is 0 Å². The van der Waals surface area contributed by atoms with Gasteiger partial charge in [-0.05, 0) is 24.6 Å². The molecule has 0 unspecified atom stereocenters. The van der Waals surface area contributed by atoms with Gasteiger partial charge in [0.15, 0.2) is 11.6 Å². The van der Waals surface area contributed by atoms with Gasteiger partial charge in [0.05, 0.1) is 12.8 Å². The van der Waals surface area contributed by atoms with Gasteiger partial charge in [-0.25, -0.2) is 4.39 Å². The molecule has 0 aliphatic heterocycles. The van der Waals surface area contributed by atoms with Gasteiger partial charge >= 0.3 is 0 Å². The number of nitrogens with zero attached hydrogens (tertiary/aromatic N) is 1. The molecule has 0 radical (unpaired) electrons. The molecule has 2 aromatic rings. The van der Waals surface area contributed by atoms with Crippen LogP contribution < -0.4 is 10.5 Å². The monoisotopic (exact) mass is 221 g/mol. The molecule has 0 saturated heterocycles. The summed E-state index contributed by atoms with van der Waals surface area (Å²) in [4.78, 5) is 0. The van der Waals surface area contributed by atoms with Gasteiger partial charge in [-0.15, -0.1) is 0 Å². The Kier molecular flexibility index (Phi) is 2.76. The van der Waals surface area contributed by atoms with Crippen LogP contribution >= 0.6 is 0 Å². The van der Waals surface area contributed by atoms with Crippen molar-refractivity contribution in [1.29, 1.82) is 0 Å². The molecule has 16 heavy (non-hydrogen) atoms. The lowest BCUT2D eigenvalue weighted by atomic mass is 10.1. The van der Waals surface area contributed by atoms with Gasteiger partial charge in [0.25, 0.3) is 0 Å². The first-order chi connectivity index (χ1) is 7.72. The quantitative estimate of drug-likeness (QED) is 0.835. The molecule has 0 aliphatic rings. The Morgan fingerprint density at radius 2 is 2.31 bits per heavy atom. The third-order valence-electron chi connectivity index (χ3n) is 2.21. The van der Waals surface area contributed by atoms with Gasteiger partial charge in [-0.2, -0.15) is 5.10 Å². The van der Waals surface area contributed by atoms with Crippen LogP contribution in [0.2, 0.25) is 0 Å². The highest BCUT2D eigenvalue weighted by Gasteiger charge is 2.08. The number of rotatable bonds is 3. The highest BCUT2D eigenvalue weighted by atomic mass is 19.1. The summed E-state index contributed by atoms with van der Waals surface area (Å²) in [7, 11) is 0. The fraction of sp³-hybridized carbons (Fsp3) is 0.182. The Morgan fingerprint density at radius 1 is 1.50 bits per heavy atom. The number of aromatic nitrogens is 2. The van der Waals surface area contributed by atoms with Crippen molar-refractivity contribution >= 4 is 5.82 Å². The number of nitrogen functional groups attached to an aromatic ring is 1. The van der Waals surface area contributed by atoms with Gasteiger partial charge in [0.1, 0.15) is 5.82 Å². The number of ether oxygens (including phenoxy) is 1.